The van der Waals surface area contributed by atoms with Crippen LogP contribution in [0.1, 0.15) is 13.8 Å². The van der Waals surface area contributed by atoms with Gasteiger partial charge in [0.15, 0.2) is 11.6 Å². The quantitative estimate of drug-likeness (QED) is 0.569. The molecule has 0 aliphatic rings. The molecule has 0 bridgehead atoms. The molecule has 0 radical (unpaired) electrons. The van der Waals surface area contributed by atoms with Crippen molar-refractivity contribution in [1.82, 2.24) is 19.6 Å². The first-order chi connectivity index (χ1) is 11.4. The minimum Gasteiger partial charge on any atom is -0.369 e. The molecule has 5 nitrogen and oxygen atoms in total. The van der Waals surface area contributed by atoms with E-state index in [0.29, 0.717) is 12.6 Å². The number of nitrogens with one attached hydrogen (secondary N) is 1. The predicted octanol–water partition coefficient (Wildman–Crippen LogP) is 3.93. The van der Waals surface area contributed by atoms with Crippen LogP contribution in [-0.4, -0.2) is 26.1 Å². The van der Waals surface area contributed by atoms with Gasteiger partial charge in [-0.05, 0) is 18.1 Å². The van der Waals surface area contributed by atoms with E-state index in [1.807, 2.05) is 13.8 Å². The highest BCUT2D eigenvalue weighted by Crippen LogP contribution is 2.37. The maximum absolute atomic E-state index is 14.3. The van der Waals surface area contributed by atoms with Gasteiger partial charge in [-0.1, -0.05) is 25.4 Å². The van der Waals surface area contributed by atoms with Crippen LogP contribution in [0.25, 0.3) is 16.9 Å². The van der Waals surface area contributed by atoms with E-state index in [1.165, 1.54) is 10.8 Å². The van der Waals surface area contributed by atoms with Crippen molar-refractivity contribution in [1.29, 1.82) is 0 Å². The number of anilines is 1. The summed E-state index contributed by atoms with van der Waals surface area (Å²) in [5, 5.41) is 6.82. The fourth-order valence-corrected chi connectivity index (χ4v) is 2.52. The lowest BCUT2D eigenvalue weighted by Crippen LogP contribution is -2.14. The minimum atomic E-state index is -1.34. The summed E-state index contributed by atoms with van der Waals surface area (Å²) in [7, 11) is 0. The lowest BCUT2D eigenvalue weighted by atomic mass is 10.1. The lowest BCUT2D eigenvalue weighted by molar-refractivity contribution is 0.499. The van der Waals surface area contributed by atoms with Crippen LogP contribution in [0.2, 0.25) is 5.15 Å². The number of hydrogen-bond acceptors (Lipinski definition) is 4. The second-order valence-corrected chi connectivity index (χ2v) is 5.95. The molecule has 0 saturated carbocycles. The largest absolute Gasteiger partial charge is 0.369 e. The van der Waals surface area contributed by atoms with Gasteiger partial charge in [-0.25, -0.2) is 13.2 Å². The van der Waals surface area contributed by atoms with Gasteiger partial charge in [0.2, 0.25) is 0 Å². The molecular formula is C15H13ClF3N5. The zero-order valence-electron chi connectivity index (χ0n) is 12.8. The summed E-state index contributed by atoms with van der Waals surface area (Å²) in [4.78, 5) is 7.89. The smallest absolute Gasteiger partial charge is 0.255 e. The average molecular weight is 356 g/mol. The van der Waals surface area contributed by atoms with Gasteiger partial charge in [-0.3, -0.25) is 0 Å². The molecule has 126 valence electrons. The molecule has 0 saturated heterocycles. The van der Waals surface area contributed by atoms with Crippen LogP contribution in [0.15, 0.2) is 18.5 Å². The van der Waals surface area contributed by atoms with Crippen molar-refractivity contribution in [3.63, 3.8) is 0 Å². The normalized spacial score (nSPS) is 11.5. The van der Waals surface area contributed by atoms with Crippen LogP contribution >= 0.6 is 11.6 Å². The van der Waals surface area contributed by atoms with Crippen molar-refractivity contribution in [3.8, 4) is 11.1 Å². The van der Waals surface area contributed by atoms with Crippen molar-refractivity contribution in [3.05, 3.63) is 41.1 Å². The highest BCUT2D eigenvalue weighted by Gasteiger charge is 2.25. The van der Waals surface area contributed by atoms with Crippen LogP contribution in [0.5, 0.6) is 0 Å². The molecule has 0 fully saturated rings. The van der Waals surface area contributed by atoms with E-state index in [1.54, 1.807) is 0 Å². The van der Waals surface area contributed by atoms with Gasteiger partial charge >= 0.3 is 0 Å². The molecule has 1 aromatic carbocycles. The van der Waals surface area contributed by atoms with Gasteiger partial charge in [0.05, 0.1) is 11.1 Å². The van der Waals surface area contributed by atoms with E-state index in [9.17, 15) is 13.2 Å². The summed E-state index contributed by atoms with van der Waals surface area (Å²) < 4.78 is 43.4. The van der Waals surface area contributed by atoms with E-state index in [-0.39, 0.29) is 28.2 Å². The summed E-state index contributed by atoms with van der Waals surface area (Å²) in [5.41, 5.74) is -0.707. The molecule has 0 amide bonds. The summed E-state index contributed by atoms with van der Waals surface area (Å²) in [5.74, 6) is -2.90. The molecule has 1 N–H and O–H groups in total. The molecule has 0 aliphatic heterocycles. The second kappa shape index (κ2) is 6.27. The number of hydrogen-bond donors (Lipinski definition) is 1. The number of benzene rings is 1. The third kappa shape index (κ3) is 2.77. The van der Waals surface area contributed by atoms with Crippen LogP contribution in [0.4, 0.5) is 19.0 Å². The fraction of sp³-hybridized carbons (Fsp3) is 0.267. The third-order valence-electron chi connectivity index (χ3n) is 3.35. The zero-order chi connectivity index (χ0) is 17.4. The highest BCUT2D eigenvalue weighted by atomic mass is 35.5. The van der Waals surface area contributed by atoms with Crippen molar-refractivity contribution < 1.29 is 13.2 Å². The zero-order valence-corrected chi connectivity index (χ0v) is 13.6. The molecule has 24 heavy (non-hydrogen) atoms. The molecule has 0 unspecified atom stereocenters. The fourth-order valence-electron chi connectivity index (χ4n) is 2.26. The Bertz CT molecular complexity index is 910. The maximum Gasteiger partial charge on any atom is 0.255 e. The van der Waals surface area contributed by atoms with Gasteiger partial charge in [0.25, 0.3) is 5.78 Å². The third-order valence-corrected chi connectivity index (χ3v) is 3.63. The average Bonchev–Trinajstić information content (AvgIpc) is 2.98. The molecule has 3 aromatic rings. The number of nitrogens with zero attached hydrogens (tertiary/aromatic N) is 4. The Hall–Kier alpha value is -2.35. The van der Waals surface area contributed by atoms with E-state index < -0.39 is 23.0 Å². The Morgan fingerprint density at radius 3 is 2.58 bits per heavy atom. The monoisotopic (exact) mass is 355 g/mol. The highest BCUT2D eigenvalue weighted by molar-refractivity contribution is 6.33. The van der Waals surface area contributed by atoms with Gasteiger partial charge in [-0.2, -0.15) is 19.6 Å². The summed E-state index contributed by atoms with van der Waals surface area (Å²) in [6.45, 7) is 4.38. The second-order valence-electron chi connectivity index (χ2n) is 5.59. The Labute approximate surface area is 140 Å². The molecule has 0 spiro atoms. The van der Waals surface area contributed by atoms with Crippen molar-refractivity contribution >= 4 is 23.2 Å². The van der Waals surface area contributed by atoms with E-state index in [2.05, 4.69) is 20.4 Å². The Kier molecular flexibility index (Phi) is 4.31. The van der Waals surface area contributed by atoms with E-state index >= 15 is 0 Å². The molecule has 0 aliphatic carbocycles. The first kappa shape index (κ1) is 16.5. The van der Waals surface area contributed by atoms with Crippen LogP contribution in [-0.2, 0) is 0 Å². The van der Waals surface area contributed by atoms with Gasteiger partial charge in [0.1, 0.15) is 23.1 Å². The molecule has 2 aromatic heterocycles. The summed E-state index contributed by atoms with van der Waals surface area (Å²) in [6.07, 6.45) is 1.24. The Morgan fingerprint density at radius 2 is 1.88 bits per heavy atom. The van der Waals surface area contributed by atoms with Gasteiger partial charge < -0.3 is 5.32 Å². The number of fused-ring (bicyclic) bond motifs is 1. The predicted molar refractivity (Wildman–Crippen MR) is 84.4 cm³/mol. The van der Waals surface area contributed by atoms with E-state index in [4.69, 9.17) is 11.6 Å². The molecular weight excluding hydrogens is 343 g/mol. The molecule has 0 atom stereocenters. The maximum atomic E-state index is 14.3. The first-order valence-electron chi connectivity index (χ1n) is 7.17. The van der Waals surface area contributed by atoms with Crippen LogP contribution in [0.3, 0.4) is 0 Å². The summed E-state index contributed by atoms with van der Waals surface area (Å²) >= 11 is 6.12. The van der Waals surface area contributed by atoms with E-state index in [0.717, 1.165) is 6.07 Å². The SMILES string of the molecule is CC(C)CNc1c(-c2c(F)ccc(F)c2F)c(Cl)nc2ncnn12. The Morgan fingerprint density at radius 1 is 1.17 bits per heavy atom. The molecule has 2 heterocycles. The standard InChI is InChI=1S/C15H13ClF3N5/c1-7(2)5-20-14-11(10-8(17)3-4-9(18)12(10)19)13(16)23-15-21-6-22-24(14)15/h3-4,6-7,20H,5H2,1-2H3. The number of aromatic nitrogens is 4. The molecule has 3 rings (SSSR count). The van der Waals surface area contributed by atoms with Crippen LogP contribution in [0, 0.1) is 23.4 Å². The minimum absolute atomic E-state index is 0.107. The first-order valence-corrected chi connectivity index (χ1v) is 7.55. The van der Waals surface area contributed by atoms with Crippen molar-refractivity contribution in [2.75, 3.05) is 11.9 Å². The Balaban J connectivity index is 2.33. The van der Waals surface area contributed by atoms with Crippen molar-refractivity contribution in [2.24, 2.45) is 5.92 Å². The van der Waals surface area contributed by atoms with Gasteiger partial charge in [0, 0.05) is 6.54 Å². The van der Waals surface area contributed by atoms with Gasteiger partial charge in [-0.15, -0.1) is 0 Å². The number of halogens is 4. The summed E-state index contributed by atoms with van der Waals surface area (Å²) in [6, 6.07) is 1.55. The van der Waals surface area contributed by atoms with Crippen LogP contribution < -0.4 is 5.32 Å². The lowest BCUT2D eigenvalue weighted by Gasteiger charge is -2.16. The topological polar surface area (TPSA) is 55.1 Å². The van der Waals surface area contributed by atoms with Crippen molar-refractivity contribution in [2.45, 2.75) is 13.8 Å². The molecule has 9 heteroatoms. The number of rotatable bonds is 4.